The van der Waals surface area contributed by atoms with Gasteiger partial charge in [-0.05, 0) is 74.4 Å². The number of pyridine rings is 1. The van der Waals surface area contributed by atoms with Crippen molar-refractivity contribution in [2.45, 2.75) is 104 Å². The largest absolute Gasteiger partial charge is 0.494 e. The van der Waals surface area contributed by atoms with Crippen molar-refractivity contribution in [1.29, 1.82) is 0 Å². The normalized spacial score (nSPS) is 17.6. The Balaban J connectivity index is 1.44. The molecule has 0 bridgehead atoms. The van der Waals surface area contributed by atoms with Crippen molar-refractivity contribution in [3.05, 3.63) is 42.3 Å². The zero-order chi connectivity index (χ0) is 25.6. The van der Waals surface area contributed by atoms with Crippen LogP contribution in [0, 0.1) is 17.8 Å². The summed E-state index contributed by atoms with van der Waals surface area (Å²) in [6, 6.07) is 10.7. The predicted octanol–water partition coefficient (Wildman–Crippen LogP) is 8.92. The first-order valence-corrected chi connectivity index (χ1v) is 14.2. The van der Waals surface area contributed by atoms with E-state index in [0.29, 0.717) is 18.2 Å². The first-order valence-electron chi connectivity index (χ1n) is 14.2. The van der Waals surface area contributed by atoms with Crippen molar-refractivity contribution in [3.63, 3.8) is 0 Å². The summed E-state index contributed by atoms with van der Waals surface area (Å²) in [6.45, 7) is 5.15. The van der Waals surface area contributed by atoms with Crippen molar-refractivity contribution >= 4 is 5.97 Å². The lowest BCUT2D eigenvalue weighted by Crippen LogP contribution is -2.26. The zero-order valence-corrected chi connectivity index (χ0v) is 22.3. The average molecular weight is 498 g/mol. The van der Waals surface area contributed by atoms with Crippen molar-refractivity contribution in [2.75, 3.05) is 6.61 Å². The fraction of sp³-hybridized carbons (Fsp3) is 0.613. The minimum Gasteiger partial charge on any atom is -0.494 e. The third kappa shape index (κ3) is 9.22. The van der Waals surface area contributed by atoms with Crippen LogP contribution in [0.15, 0.2) is 36.4 Å². The quantitative estimate of drug-likeness (QED) is 0.140. The molecule has 1 aliphatic rings. The van der Waals surface area contributed by atoms with E-state index in [1.165, 1.54) is 63.9 Å². The molecular weight excluding hydrogens is 453 g/mol. The third-order valence-electron chi connectivity index (χ3n) is 7.34. The summed E-state index contributed by atoms with van der Waals surface area (Å²) in [5.41, 5.74) is 1.29. The minimum atomic E-state index is -0.752. The van der Waals surface area contributed by atoms with E-state index in [4.69, 9.17) is 9.47 Å². The maximum absolute atomic E-state index is 14.7. The summed E-state index contributed by atoms with van der Waals surface area (Å²) in [5.74, 6) is 0.201. The number of carbonyl (C=O) groups is 1. The number of halogens is 1. The summed E-state index contributed by atoms with van der Waals surface area (Å²) in [6.07, 6.45) is 16.2. The molecule has 2 aromatic rings. The molecule has 0 unspecified atom stereocenters. The van der Waals surface area contributed by atoms with Gasteiger partial charge in [-0.25, -0.2) is 4.98 Å². The summed E-state index contributed by atoms with van der Waals surface area (Å²) >= 11 is 0. The molecule has 0 aliphatic heterocycles. The number of aromatic nitrogens is 1. The number of hydrogen-bond donors (Lipinski definition) is 0. The molecule has 1 saturated carbocycles. The van der Waals surface area contributed by atoms with Crippen LogP contribution in [0.5, 0.6) is 11.5 Å². The van der Waals surface area contributed by atoms with Gasteiger partial charge in [0.25, 0.3) is 5.95 Å². The Labute approximate surface area is 217 Å². The van der Waals surface area contributed by atoms with Gasteiger partial charge < -0.3 is 9.47 Å². The van der Waals surface area contributed by atoms with Gasteiger partial charge in [0.2, 0.25) is 0 Å². The molecular formula is C31H44FNO3. The second kappa shape index (κ2) is 15.6. The molecule has 1 fully saturated rings. The highest BCUT2D eigenvalue weighted by Gasteiger charge is 2.28. The fourth-order valence-electron chi connectivity index (χ4n) is 5.01. The Morgan fingerprint density at radius 2 is 1.53 bits per heavy atom. The van der Waals surface area contributed by atoms with Gasteiger partial charge in [0.05, 0.1) is 18.2 Å². The molecule has 0 N–H and O–H groups in total. The Hall–Kier alpha value is -2.43. The van der Waals surface area contributed by atoms with Crippen molar-refractivity contribution in [3.8, 4) is 22.8 Å². The molecule has 5 heteroatoms. The van der Waals surface area contributed by atoms with Crippen molar-refractivity contribution in [1.82, 2.24) is 4.98 Å². The number of nitrogens with zero attached hydrogens (tertiary/aromatic N) is 1. The first kappa shape index (κ1) is 28.1. The standard InChI is InChI=1S/C31H44FNO3/c1-3-5-7-8-9-11-23-35-27-19-17-25(18-20-27)28-21-22-29(30(32)33-28)36-31(34)26-15-13-24(14-16-26)12-10-6-4-2/h17-22,24,26H,3-16,23H2,1-2H3. The topological polar surface area (TPSA) is 48.4 Å². The van der Waals surface area contributed by atoms with Gasteiger partial charge in [0.15, 0.2) is 5.75 Å². The van der Waals surface area contributed by atoms with Gasteiger partial charge in [0, 0.05) is 5.56 Å². The zero-order valence-electron chi connectivity index (χ0n) is 22.3. The monoisotopic (exact) mass is 497 g/mol. The smallest absolute Gasteiger partial charge is 0.314 e. The second-order valence-electron chi connectivity index (χ2n) is 10.3. The molecule has 0 saturated heterocycles. The average Bonchev–Trinajstić information content (AvgIpc) is 2.90. The molecule has 0 atom stereocenters. The number of esters is 1. The summed E-state index contributed by atoms with van der Waals surface area (Å²) in [5, 5.41) is 0. The van der Waals surface area contributed by atoms with Crippen LogP contribution in [0.2, 0.25) is 0 Å². The van der Waals surface area contributed by atoms with Gasteiger partial charge in [-0.2, -0.15) is 4.39 Å². The maximum Gasteiger partial charge on any atom is 0.314 e. The van der Waals surface area contributed by atoms with Gasteiger partial charge >= 0.3 is 5.97 Å². The number of hydrogen-bond acceptors (Lipinski definition) is 4. The van der Waals surface area contributed by atoms with Gasteiger partial charge in [-0.3, -0.25) is 4.79 Å². The summed E-state index contributed by atoms with van der Waals surface area (Å²) < 4.78 is 25.9. The van der Waals surface area contributed by atoms with E-state index in [-0.39, 0.29) is 17.6 Å². The lowest BCUT2D eigenvalue weighted by molar-refractivity contribution is -0.140. The van der Waals surface area contributed by atoms with Crippen LogP contribution in [0.4, 0.5) is 4.39 Å². The molecule has 0 radical (unpaired) electrons. The van der Waals surface area contributed by atoms with Gasteiger partial charge in [-0.1, -0.05) is 71.6 Å². The van der Waals surface area contributed by atoms with Crippen LogP contribution >= 0.6 is 0 Å². The fourth-order valence-corrected chi connectivity index (χ4v) is 5.01. The molecule has 1 aromatic carbocycles. The third-order valence-corrected chi connectivity index (χ3v) is 7.34. The van der Waals surface area contributed by atoms with Crippen molar-refractivity contribution < 1.29 is 18.7 Å². The first-order chi connectivity index (χ1) is 17.6. The second-order valence-corrected chi connectivity index (χ2v) is 10.3. The van der Waals surface area contributed by atoms with Gasteiger partial charge in [0.1, 0.15) is 5.75 Å². The van der Waals surface area contributed by atoms with Crippen LogP contribution in [-0.2, 0) is 4.79 Å². The van der Waals surface area contributed by atoms with Crippen LogP contribution in [0.3, 0.4) is 0 Å². The van der Waals surface area contributed by atoms with E-state index in [1.54, 1.807) is 6.07 Å². The SMILES string of the molecule is CCCCCCCCOc1ccc(-c2ccc(OC(=O)C3CCC(CCCCC)CC3)c(F)n2)cc1. The highest BCUT2D eigenvalue weighted by molar-refractivity contribution is 5.75. The predicted molar refractivity (Wildman–Crippen MR) is 144 cm³/mol. The lowest BCUT2D eigenvalue weighted by Gasteiger charge is -2.27. The minimum absolute atomic E-state index is 0.0901. The number of rotatable bonds is 15. The Morgan fingerprint density at radius 3 is 2.22 bits per heavy atom. The molecule has 198 valence electrons. The summed E-state index contributed by atoms with van der Waals surface area (Å²) in [4.78, 5) is 16.7. The molecule has 1 heterocycles. The summed E-state index contributed by atoms with van der Waals surface area (Å²) in [7, 11) is 0. The number of carbonyl (C=O) groups excluding carboxylic acids is 1. The Kier molecular flexibility index (Phi) is 12.2. The van der Waals surface area contributed by atoms with Gasteiger partial charge in [-0.15, -0.1) is 0 Å². The van der Waals surface area contributed by atoms with Crippen LogP contribution in [-0.4, -0.2) is 17.6 Å². The highest BCUT2D eigenvalue weighted by atomic mass is 19.1. The van der Waals surface area contributed by atoms with E-state index in [9.17, 15) is 9.18 Å². The number of benzene rings is 1. The van der Waals surface area contributed by atoms with E-state index in [0.717, 1.165) is 43.4 Å². The highest BCUT2D eigenvalue weighted by Crippen LogP contribution is 2.33. The van der Waals surface area contributed by atoms with Crippen LogP contribution in [0.25, 0.3) is 11.3 Å². The molecule has 4 nitrogen and oxygen atoms in total. The number of unbranched alkanes of at least 4 members (excludes halogenated alkanes) is 7. The molecule has 3 rings (SSSR count). The molecule has 0 amide bonds. The van der Waals surface area contributed by atoms with E-state index < -0.39 is 5.95 Å². The van der Waals surface area contributed by atoms with Crippen LogP contribution < -0.4 is 9.47 Å². The molecule has 1 aliphatic carbocycles. The van der Waals surface area contributed by atoms with E-state index >= 15 is 0 Å². The molecule has 36 heavy (non-hydrogen) atoms. The van der Waals surface area contributed by atoms with Crippen molar-refractivity contribution in [2.24, 2.45) is 11.8 Å². The molecule has 1 aromatic heterocycles. The Bertz CT molecular complexity index is 907. The molecule has 0 spiro atoms. The Morgan fingerprint density at radius 1 is 0.861 bits per heavy atom. The van der Waals surface area contributed by atoms with E-state index in [2.05, 4.69) is 18.8 Å². The van der Waals surface area contributed by atoms with Crippen LogP contribution in [0.1, 0.15) is 104 Å². The van der Waals surface area contributed by atoms with E-state index in [1.807, 2.05) is 24.3 Å². The maximum atomic E-state index is 14.7. The lowest BCUT2D eigenvalue weighted by atomic mass is 9.80. The number of ether oxygens (including phenoxy) is 2.